The van der Waals surface area contributed by atoms with Gasteiger partial charge in [-0.3, -0.25) is 4.79 Å². The molecule has 30 heavy (non-hydrogen) atoms. The summed E-state index contributed by atoms with van der Waals surface area (Å²) in [7, 11) is -1.35. The van der Waals surface area contributed by atoms with E-state index in [1.165, 1.54) is 0 Å². The second kappa shape index (κ2) is 7.52. The molecule has 0 bridgehead atoms. The summed E-state index contributed by atoms with van der Waals surface area (Å²) in [6, 6.07) is 19.4. The molecular formula is C22H19N4O3P. The van der Waals surface area contributed by atoms with Crippen LogP contribution in [-0.2, 0) is 9.53 Å². The molecule has 3 aliphatic heterocycles. The van der Waals surface area contributed by atoms with Crippen molar-refractivity contribution < 1.29 is 14.1 Å². The molecule has 0 aromatic heterocycles. The van der Waals surface area contributed by atoms with Crippen LogP contribution in [0, 0.1) is 0 Å². The zero-order valence-electron chi connectivity index (χ0n) is 16.4. The molecule has 0 amide bonds. The SMILES string of the molecule is CC(=O)C1=C(C)OC2=C(C3=NP(Oc4ccccc4)NN3C=N2)C1c1ccccc1. The number of amidine groups is 1. The first-order valence-electron chi connectivity index (χ1n) is 9.52. The number of carbonyl (C=O) groups is 1. The van der Waals surface area contributed by atoms with Gasteiger partial charge in [0.2, 0.25) is 5.88 Å². The predicted molar refractivity (Wildman–Crippen MR) is 116 cm³/mol. The van der Waals surface area contributed by atoms with Crippen LogP contribution in [-0.4, -0.2) is 23.0 Å². The Kier molecular flexibility index (Phi) is 4.69. The van der Waals surface area contributed by atoms with E-state index in [9.17, 15) is 4.79 Å². The normalized spacial score (nSPS) is 22.3. The van der Waals surface area contributed by atoms with Gasteiger partial charge in [0.15, 0.2) is 11.6 Å². The van der Waals surface area contributed by atoms with Crippen molar-refractivity contribution in [2.24, 2.45) is 9.76 Å². The first-order valence-corrected chi connectivity index (χ1v) is 10.7. The lowest BCUT2D eigenvalue weighted by Crippen LogP contribution is -2.40. The van der Waals surface area contributed by atoms with Gasteiger partial charge < -0.3 is 9.26 Å². The van der Waals surface area contributed by atoms with Gasteiger partial charge in [-0.05, 0) is 31.5 Å². The highest BCUT2D eigenvalue weighted by Crippen LogP contribution is 2.48. The molecule has 0 saturated heterocycles. The molecule has 3 aliphatic rings. The lowest BCUT2D eigenvalue weighted by atomic mass is 9.80. The number of allylic oxidation sites excluding steroid dienone is 2. The number of hydrogen-bond donors (Lipinski definition) is 1. The first-order chi connectivity index (χ1) is 14.6. The van der Waals surface area contributed by atoms with Gasteiger partial charge in [0.1, 0.15) is 17.8 Å². The highest BCUT2D eigenvalue weighted by molar-refractivity contribution is 7.50. The number of ether oxygens (including phenoxy) is 1. The molecule has 2 aromatic carbocycles. The number of nitrogens with one attached hydrogen (secondary N) is 1. The number of para-hydroxylation sites is 1. The number of Topliss-reactive ketones (excluding diaryl/α,β-unsaturated/α-hetero) is 1. The third-order valence-electron chi connectivity index (χ3n) is 5.02. The molecule has 0 radical (unpaired) electrons. The molecule has 3 heterocycles. The molecule has 2 unspecified atom stereocenters. The Hall–Kier alpha value is -3.28. The minimum absolute atomic E-state index is 0.0386. The molecule has 2 atom stereocenters. The number of carbonyl (C=O) groups excluding carboxylic acids is 1. The highest BCUT2D eigenvalue weighted by Gasteiger charge is 2.43. The lowest BCUT2D eigenvalue weighted by molar-refractivity contribution is -0.114. The van der Waals surface area contributed by atoms with Gasteiger partial charge in [-0.15, -0.1) is 5.20 Å². The smallest absolute Gasteiger partial charge is 0.317 e. The van der Waals surface area contributed by atoms with Crippen molar-refractivity contribution in [2.75, 3.05) is 0 Å². The van der Waals surface area contributed by atoms with Gasteiger partial charge in [0.25, 0.3) is 0 Å². The van der Waals surface area contributed by atoms with Crippen LogP contribution in [0.25, 0.3) is 0 Å². The molecule has 0 saturated carbocycles. The summed E-state index contributed by atoms with van der Waals surface area (Å²) in [4.78, 5) is 17.1. The van der Waals surface area contributed by atoms with Crippen molar-refractivity contribution in [1.82, 2.24) is 10.2 Å². The number of hydrazine groups is 1. The van der Waals surface area contributed by atoms with Crippen LogP contribution < -0.4 is 9.72 Å². The summed E-state index contributed by atoms with van der Waals surface area (Å²) in [6.45, 7) is 3.37. The summed E-state index contributed by atoms with van der Waals surface area (Å²) >= 11 is 0. The average Bonchev–Trinajstić information content (AvgIpc) is 3.16. The van der Waals surface area contributed by atoms with Crippen molar-refractivity contribution in [1.29, 1.82) is 0 Å². The number of ketones is 1. The molecule has 8 heteroatoms. The van der Waals surface area contributed by atoms with Crippen molar-refractivity contribution >= 4 is 26.4 Å². The molecule has 5 rings (SSSR count). The van der Waals surface area contributed by atoms with Gasteiger partial charge >= 0.3 is 8.45 Å². The number of rotatable bonds is 4. The second-order valence-electron chi connectivity index (χ2n) is 7.01. The minimum atomic E-state index is -1.35. The van der Waals surface area contributed by atoms with Crippen LogP contribution >= 0.6 is 8.45 Å². The number of fused-ring (bicyclic) bond motifs is 2. The van der Waals surface area contributed by atoms with Crippen LogP contribution in [0.4, 0.5) is 0 Å². The van der Waals surface area contributed by atoms with E-state index in [0.717, 1.165) is 16.9 Å². The van der Waals surface area contributed by atoms with Gasteiger partial charge in [-0.2, -0.15) is 4.76 Å². The van der Waals surface area contributed by atoms with E-state index in [-0.39, 0.29) is 11.7 Å². The number of hydrogen-bond acceptors (Lipinski definition) is 7. The second-order valence-corrected chi connectivity index (χ2v) is 8.13. The Morgan fingerprint density at radius 3 is 2.53 bits per heavy atom. The van der Waals surface area contributed by atoms with Crippen molar-refractivity contribution in [3.05, 3.63) is 89.0 Å². The fourth-order valence-electron chi connectivity index (χ4n) is 3.77. The van der Waals surface area contributed by atoms with Crippen LogP contribution in [0.1, 0.15) is 25.3 Å². The predicted octanol–water partition coefficient (Wildman–Crippen LogP) is 4.44. The van der Waals surface area contributed by atoms with E-state index >= 15 is 0 Å². The van der Waals surface area contributed by atoms with E-state index in [1.807, 2.05) is 60.7 Å². The Labute approximate surface area is 175 Å². The van der Waals surface area contributed by atoms with Crippen LogP contribution in [0.5, 0.6) is 5.75 Å². The zero-order chi connectivity index (χ0) is 20.7. The molecule has 0 fully saturated rings. The maximum Gasteiger partial charge on any atom is 0.317 e. The van der Waals surface area contributed by atoms with E-state index < -0.39 is 8.45 Å². The van der Waals surface area contributed by atoms with E-state index in [4.69, 9.17) is 14.0 Å². The van der Waals surface area contributed by atoms with Gasteiger partial charge in [0.05, 0.1) is 5.57 Å². The molecule has 2 aromatic rings. The molecule has 150 valence electrons. The van der Waals surface area contributed by atoms with Crippen molar-refractivity contribution in [3.63, 3.8) is 0 Å². The van der Waals surface area contributed by atoms with E-state index in [0.29, 0.717) is 23.1 Å². The lowest BCUT2D eigenvalue weighted by Gasteiger charge is -2.33. The molecule has 7 nitrogen and oxygen atoms in total. The molecule has 1 N–H and O–H groups in total. The summed E-state index contributed by atoms with van der Waals surface area (Å²) in [5.74, 6) is 2.05. The van der Waals surface area contributed by atoms with E-state index in [1.54, 1.807) is 25.2 Å². The monoisotopic (exact) mass is 418 g/mol. The summed E-state index contributed by atoms with van der Waals surface area (Å²) in [5.41, 5.74) is 2.35. The standard InChI is InChI=1S/C22H19N4O3P/c1-14(27)18-15(2)28-22-20(19(18)16-9-5-3-6-10-16)21-24-30(25-26(21)13-23-22)29-17-11-7-4-8-12-17/h3-13,19,25H,1-2H3. The Morgan fingerprint density at radius 2 is 1.83 bits per heavy atom. The van der Waals surface area contributed by atoms with Gasteiger partial charge in [-0.25, -0.2) is 10.0 Å². The largest absolute Gasteiger partial charge is 0.443 e. The van der Waals surface area contributed by atoms with Gasteiger partial charge in [-0.1, -0.05) is 48.5 Å². The number of aliphatic imine (C=N–C) groups is 1. The fourth-order valence-corrected chi connectivity index (χ4v) is 4.92. The third-order valence-corrected chi connectivity index (χ3v) is 6.16. The number of benzene rings is 2. The minimum Gasteiger partial charge on any atom is -0.443 e. The first kappa shape index (κ1) is 18.7. The summed E-state index contributed by atoms with van der Waals surface area (Å²) in [5, 5.41) is 4.98. The van der Waals surface area contributed by atoms with Crippen LogP contribution in [0.2, 0.25) is 0 Å². The fraction of sp³-hybridized carbons (Fsp3) is 0.136. The quantitative estimate of drug-likeness (QED) is 0.743. The Bertz CT molecular complexity index is 1130. The molecular weight excluding hydrogens is 399 g/mol. The Morgan fingerprint density at radius 1 is 1.13 bits per heavy atom. The van der Waals surface area contributed by atoms with Crippen LogP contribution in [0.3, 0.4) is 0 Å². The third kappa shape index (κ3) is 3.22. The topological polar surface area (TPSA) is 75.5 Å². The van der Waals surface area contributed by atoms with Crippen molar-refractivity contribution in [2.45, 2.75) is 19.8 Å². The summed E-state index contributed by atoms with van der Waals surface area (Å²) in [6.07, 6.45) is 1.63. The van der Waals surface area contributed by atoms with E-state index in [2.05, 4.69) is 10.2 Å². The van der Waals surface area contributed by atoms with Crippen molar-refractivity contribution in [3.8, 4) is 5.75 Å². The summed E-state index contributed by atoms with van der Waals surface area (Å²) < 4.78 is 16.7. The average molecular weight is 418 g/mol. The zero-order valence-corrected chi connectivity index (χ0v) is 17.3. The maximum absolute atomic E-state index is 12.6. The molecule has 0 spiro atoms. The van der Waals surface area contributed by atoms with Crippen LogP contribution in [0.15, 0.2) is 93.2 Å². The Balaban J connectivity index is 1.58. The maximum atomic E-state index is 12.6. The van der Waals surface area contributed by atoms with Gasteiger partial charge in [0, 0.05) is 11.5 Å². The molecule has 0 aliphatic carbocycles. The number of nitrogens with zero attached hydrogens (tertiary/aromatic N) is 3. The highest BCUT2D eigenvalue weighted by atomic mass is 31.2.